The predicted octanol–water partition coefficient (Wildman–Crippen LogP) is 4.04. The summed E-state index contributed by atoms with van der Waals surface area (Å²) in [6.45, 7) is 1.99. The van der Waals surface area contributed by atoms with Crippen molar-refractivity contribution in [3.63, 3.8) is 0 Å². The van der Waals surface area contributed by atoms with E-state index in [9.17, 15) is 9.18 Å². The van der Waals surface area contributed by atoms with Gasteiger partial charge in [0.1, 0.15) is 11.6 Å². The molecule has 0 atom stereocenters. The summed E-state index contributed by atoms with van der Waals surface area (Å²) in [5, 5.41) is 0. The van der Waals surface area contributed by atoms with Crippen LogP contribution in [0.25, 0.3) is 0 Å². The van der Waals surface area contributed by atoms with Crippen LogP contribution in [0, 0.1) is 12.7 Å². The lowest BCUT2D eigenvalue weighted by atomic mass is 10.0. The number of carbonyl (C=O) groups excluding carboxylic acids is 1. The standard InChI is InChI=1S/C16H15FOS/c1-12-6-2-3-7-13(12)10-14(18)11-19-16-9-5-4-8-15(16)17/h2-9H,10-11H2,1H3. The molecule has 2 aromatic rings. The van der Waals surface area contributed by atoms with Crippen LogP contribution in [0.5, 0.6) is 0 Å². The maximum Gasteiger partial charge on any atom is 0.147 e. The zero-order valence-corrected chi connectivity index (χ0v) is 11.5. The molecule has 1 nitrogen and oxygen atoms in total. The van der Waals surface area contributed by atoms with E-state index in [1.165, 1.54) is 17.8 Å². The Morgan fingerprint density at radius 3 is 2.53 bits per heavy atom. The Kier molecular flexibility index (Phi) is 4.74. The minimum absolute atomic E-state index is 0.113. The van der Waals surface area contributed by atoms with Gasteiger partial charge in [-0.2, -0.15) is 0 Å². The lowest BCUT2D eigenvalue weighted by Crippen LogP contribution is -2.07. The maximum absolute atomic E-state index is 13.4. The van der Waals surface area contributed by atoms with Crippen LogP contribution in [0.1, 0.15) is 11.1 Å². The molecular weight excluding hydrogens is 259 g/mol. The average molecular weight is 274 g/mol. The number of aryl methyl sites for hydroxylation is 1. The first kappa shape index (κ1) is 13.8. The van der Waals surface area contributed by atoms with Crippen molar-refractivity contribution in [3.05, 3.63) is 65.5 Å². The topological polar surface area (TPSA) is 17.1 Å². The minimum atomic E-state index is -0.267. The van der Waals surface area contributed by atoms with Gasteiger partial charge >= 0.3 is 0 Å². The highest BCUT2D eigenvalue weighted by atomic mass is 32.2. The molecule has 0 spiro atoms. The van der Waals surface area contributed by atoms with E-state index < -0.39 is 0 Å². The molecular formula is C16H15FOS. The van der Waals surface area contributed by atoms with Gasteiger partial charge in [0.2, 0.25) is 0 Å². The van der Waals surface area contributed by atoms with E-state index >= 15 is 0 Å². The van der Waals surface area contributed by atoms with Crippen LogP contribution >= 0.6 is 11.8 Å². The summed E-state index contributed by atoms with van der Waals surface area (Å²) >= 11 is 1.26. The number of Topliss-reactive ketones (excluding diaryl/α,β-unsaturated/α-hetero) is 1. The second-order valence-electron chi connectivity index (χ2n) is 4.36. The third-order valence-corrected chi connectivity index (χ3v) is 3.98. The third kappa shape index (κ3) is 3.93. The van der Waals surface area contributed by atoms with Crippen molar-refractivity contribution in [3.8, 4) is 0 Å². The molecule has 0 saturated heterocycles. The van der Waals surface area contributed by atoms with Crippen molar-refractivity contribution >= 4 is 17.5 Å². The number of thioether (sulfide) groups is 1. The summed E-state index contributed by atoms with van der Waals surface area (Å²) in [5.74, 6) is 0.147. The summed E-state index contributed by atoms with van der Waals surface area (Å²) in [7, 11) is 0. The number of ketones is 1. The number of carbonyl (C=O) groups is 1. The van der Waals surface area contributed by atoms with E-state index in [4.69, 9.17) is 0 Å². The molecule has 19 heavy (non-hydrogen) atoms. The molecule has 0 saturated carbocycles. The number of hydrogen-bond donors (Lipinski definition) is 0. The minimum Gasteiger partial charge on any atom is -0.298 e. The highest BCUT2D eigenvalue weighted by Crippen LogP contribution is 2.21. The molecule has 0 aliphatic heterocycles. The monoisotopic (exact) mass is 274 g/mol. The van der Waals surface area contributed by atoms with Gasteiger partial charge in [0, 0.05) is 11.3 Å². The van der Waals surface area contributed by atoms with Gasteiger partial charge in [-0.1, -0.05) is 36.4 Å². The molecule has 0 amide bonds. The quantitative estimate of drug-likeness (QED) is 0.765. The molecule has 0 aliphatic carbocycles. The summed E-state index contributed by atoms with van der Waals surface area (Å²) in [6, 6.07) is 14.4. The van der Waals surface area contributed by atoms with Crippen LogP contribution in [0.2, 0.25) is 0 Å². The number of rotatable bonds is 5. The Bertz CT molecular complexity index is 580. The van der Waals surface area contributed by atoms with E-state index in [0.717, 1.165) is 11.1 Å². The first-order valence-electron chi connectivity index (χ1n) is 6.10. The van der Waals surface area contributed by atoms with E-state index in [0.29, 0.717) is 17.1 Å². The van der Waals surface area contributed by atoms with Crippen molar-refractivity contribution in [1.29, 1.82) is 0 Å². The summed E-state index contributed by atoms with van der Waals surface area (Å²) in [6.07, 6.45) is 0.411. The number of hydrogen-bond acceptors (Lipinski definition) is 2. The van der Waals surface area contributed by atoms with Crippen LogP contribution in [0.4, 0.5) is 4.39 Å². The lowest BCUT2D eigenvalue weighted by molar-refractivity contribution is -0.116. The molecule has 0 radical (unpaired) electrons. The molecule has 0 aliphatic rings. The first-order valence-corrected chi connectivity index (χ1v) is 7.09. The van der Waals surface area contributed by atoms with E-state index in [1.807, 2.05) is 31.2 Å². The fourth-order valence-electron chi connectivity index (χ4n) is 1.79. The molecule has 0 unspecified atom stereocenters. The molecule has 0 fully saturated rings. The fourth-order valence-corrected chi connectivity index (χ4v) is 2.59. The predicted molar refractivity (Wildman–Crippen MR) is 77.0 cm³/mol. The molecule has 0 N–H and O–H groups in total. The van der Waals surface area contributed by atoms with Crippen molar-refractivity contribution in [1.82, 2.24) is 0 Å². The van der Waals surface area contributed by atoms with Crippen LogP contribution in [0.3, 0.4) is 0 Å². The average Bonchev–Trinajstić information content (AvgIpc) is 2.40. The summed E-state index contributed by atoms with van der Waals surface area (Å²) in [5.41, 5.74) is 2.16. The summed E-state index contributed by atoms with van der Waals surface area (Å²) in [4.78, 5) is 12.4. The number of benzene rings is 2. The van der Waals surface area contributed by atoms with Gasteiger partial charge in [-0.3, -0.25) is 4.79 Å². The molecule has 3 heteroatoms. The van der Waals surface area contributed by atoms with Crippen molar-refractivity contribution < 1.29 is 9.18 Å². The fraction of sp³-hybridized carbons (Fsp3) is 0.188. The Balaban J connectivity index is 1.92. The SMILES string of the molecule is Cc1ccccc1CC(=O)CSc1ccccc1F. The smallest absolute Gasteiger partial charge is 0.147 e. The normalized spacial score (nSPS) is 10.4. The summed E-state index contributed by atoms with van der Waals surface area (Å²) < 4.78 is 13.4. The van der Waals surface area contributed by atoms with Gasteiger partial charge in [0.25, 0.3) is 0 Å². The van der Waals surface area contributed by atoms with Crippen molar-refractivity contribution in [2.24, 2.45) is 0 Å². The van der Waals surface area contributed by atoms with E-state index in [-0.39, 0.29) is 11.6 Å². The van der Waals surface area contributed by atoms with Crippen LogP contribution in [-0.4, -0.2) is 11.5 Å². The zero-order chi connectivity index (χ0) is 13.7. The van der Waals surface area contributed by atoms with Crippen LogP contribution in [0.15, 0.2) is 53.4 Å². The second kappa shape index (κ2) is 6.53. The molecule has 0 aromatic heterocycles. The molecule has 2 aromatic carbocycles. The van der Waals surface area contributed by atoms with Crippen LogP contribution < -0.4 is 0 Å². The molecule has 0 bridgehead atoms. The van der Waals surface area contributed by atoms with Crippen molar-refractivity contribution in [2.45, 2.75) is 18.2 Å². The second-order valence-corrected chi connectivity index (χ2v) is 5.38. The van der Waals surface area contributed by atoms with Crippen LogP contribution in [-0.2, 0) is 11.2 Å². The van der Waals surface area contributed by atoms with Gasteiger partial charge in [-0.25, -0.2) is 4.39 Å². The van der Waals surface area contributed by atoms with Gasteiger partial charge in [-0.15, -0.1) is 11.8 Å². The highest BCUT2D eigenvalue weighted by Gasteiger charge is 2.08. The van der Waals surface area contributed by atoms with Crippen molar-refractivity contribution in [2.75, 3.05) is 5.75 Å². The molecule has 98 valence electrons. The van der Waals surface area contributed by atoms with E-state index in [2.05, 4.69) is 0 Å². The molecule has 2 rings (SSSR count). The largest absolute Gasteiger partial charge is 0.298 e. The molecule has 0 heterocycles. The van der Waals surface area contributed by atoms with Gasteiger partial charge < -0.3 is 0 Å². The van der Waals surface area contributed by atoms with Gasteiger partial charge in [-0.05, 0) is 30.2 Å². The third-order valence-electron chi connectivity index (χ3n) is 2.87. The Morgan fingerprint density at radius 1 is 1.11 bits per heavy atom. The maximum atomic E-state index is 13.4. The first-order chi connectivity index (χ1) is 9.16. The number of halogens is 1. The van der Waals surface area contributed by atoms with Gasteiger partial charge in [0.05, 0.1) is 5.75 Å². The highest BCUT2D eigenvalue weighted by molar-refractivity contribution is 8.00. The zero-order valence-electron chi connectivity index (χ0n) is 10.7. The van der Waals surface area contributed by atoms with E-state index in [1.54, 1.807) is 18.2 Å². The Hall–Kier alpha value is -1.61. The van der Waals surface area contributed by atoms with Gasteiger partial charge in [0.15, 0.2) is 0 Å². The lowest BCUT2D eigenvalue weighted by Gasteiger charge is -2.05. The Labute approximate surface area is 116 Å². The Morgan fingerprint density at radius 2 is 1.79 bits per heavy atom.